The number of methoxy groups -OCH3 is 2. The standard InChI is InChI=1S/C11H17NO2/c1-8(12-2)9-5-6-10(13-3)11(7-9)14-4/h5-8,12H,1-4H3/p+1/t8-/m0/s1. The Morgan fingerprint density at radius 2 is 1.79 bits per heavy atom. The molecule has 1 atom stereocenters. The molecule has 0 bridgehead atoms. The summed E-state index contributed by atoms with van der Waals surface area (Å²) in [5.41, 5.74) is 1.24. The van der Waals surface area contributed by atoms with Crippen molar-refractivity contribution in [1.29, 1.82) is 0 Å². The van der Waals surface area contributed by atoms with Crippen LogP contribution < -0.4 is 14.8 Å². The highest BCUT2D eigenvalue weighted by Gasteiger charge is 2.10. The van der Waals surface area contributed by atoms with Crippen LogP contribution in [-0.4, -0.2) is 21.3 Å². The lowest BCUT2D eigenvalue weighted by Crippen LogP contribution is -2.80. The number of ether oxygens (including phenoxy) is 2. The zero-order chi connectivity index (χ0) is 10.6. The highest BCUT2D eigenvalue weighted by Crippen LogP contribution is 2.28. The first kappa shape index (κ1) is 10.9. The van der Waals surface area contributed by atoms with Gasteiger partial charge >= 0.3 is 0 Å². The van der Waals surface area contributed by atoms with Gasteiger partial charge in [-0.2, -0.15) is 0 Å². The van der Waals surface area contributed by atoms with Crippen LogP contribution in [0.4, 0.5) is 0 Å². The van der Waals surface area contributed by atoms with Gasteiger partial charge in [0.05, 0.1) is 21.3 Å². The molecule has 14 heavy (non-hydrogen) atoms. The Balaban J connectivity index is 3.01. The average Bonchev–Trinajstić information content (AvgIpc) is 2.26. The maximum Gasteiger partial charge on any atom is 0.161 e. The molecule has 0 fully saturated rings. The van der Waals surface area contributed by atoms with Crippen LogP contribution in [-0.2, 0) is 0 Å². The third-order valence-corrected chi connectivity index (χ3v) is 2.43. The molecular formula is C11H18NO2+. The van der Waals surface area contributed by atoms with Gasteiger partial charge in [-0.1, -0.05) is 0 Å². The van der Waals surface area contributed by atoms with Crippen LogP contribution in [0.3, 0.4) is 0 Å². The van der Waals surface area contributed by atoms with Gasteiger partial charge in [0.25, 0.3) is 0 Å². The molecule has 3 nitrogen and oxygen atoms in total. The minimum atomic E-state index is 0.440. The van der Waals surface area contributed by atoms with Gasteiger partial charge < -0.3 is 14.8 Å². The van der Waals surface area contributed by atoms with Gasteiger partial charge in [-0.05, 0) is 25.1 Å². The van der Waals surface area contributed by atoms with E-state index in [9.17, 15) is 0 Å². The fourth-order valence-corrected chi connectivity index (χ4v) is 1.33. The van der Waals surface area contributed by atoms with Crippen molar-refractivity contribution in [2.45, 2.75) is 13.0 Å². The van der Waals surface area contributed by atoms with Gasteiger partial charge in [-0.25, -0.2) is 0 Å². The summed E-state index contributed by atoms with van der Waals surface area (Å²) in [6.45, 7) is 2.15. The third kappa shape index (κ3) is 2.17. The van der Waals surface area contributed by atoms with E-state index in [0.717, 1.165) is 11.5 Å². The van der Waals surface area contributed by atoms with E-state index >= 15 is 0 Å². The molecule has 3 heteroatoms. The first-order valence-corrected chi connectivity index (χ1v) is 4.74. The van der Waals surface area contributed by atoms with Crippen molar-refractivity contribution >= 4 is 0 Å². The molecule has 0 unspecified atom stereocenters. The van der Waals surface area contributed by atoms with Crippen molar-refractivity contribution in [3.05, 3.63) is 23.8 Å². The maximum atomic E-state index is 5.23. The molecule has 0 spiro atoms. The van der Waals surface area contributed by atoms with Crippen molar-refractivity contribution in [3.8, 4) is 11.5 Å². The van der Waals surface area contributed by atoms with Gasteiger partial charge in [-0.15, -0.1) is 0 Å². The fourth-order valence-electron chi connectivity index (χ4n) is 1.33. The predicted molar refractivity (Wildman–Crippen MR) is 55.8 cm³/mol. The Morgan fingerprint density at radius 1 is 1.14 bits per heavy atom. The molecule has 1 rings (SSSR count). The van der Waals surface area contributed by atoms with E-state index < -0.39 is 0 Å². The Labute approximate surface area is 85.0 Å². The van der Waals surface area contributed by atoms with Crippen LogP contribution in [0.1, 0.15) is 18.5 Å². The lowest BCUT2D eigenvalue weighted by atomic mass is 10.1. The Hall–Kier alpha value is -1.22. The van der Waals surface area contributed by atoms with Gasteiger partial charge in [0.1, 0.15) is 6.04 Å². The largest absolute Gasteiger partial charge is 0.493 e. The van der Waals surface area contributed by atoms with Crippen molar-refractivity contribution in [2.24, 2.45) is 0 Å². The molecule has 78 valence electrons. The molecule has 0 aliphatic heterocycles. The van der Waals surface area contributed by atoms with Gasteiger partial charge in [0.15, 0.2) is 11.5 Å². The molecule has 0 radical (unpaired) electrons. The Bertz CT molecular complexity index is 299. The van der Waals surface area contributed by atoms with E-state index in [1.165, 1.54) is 5.56 Å². The van der Waals surface area contributed by atoms with Crippen LogP contribution in [0, 0.1) is 0 Å². The van der Waals surface area contributed by atoms with Crippen LogP contribution in [0.5, 0.6) is 11.5 Å². The maximum absolute atomic E-state index is 5.23. The molecule has 0 aliphatic rings. The van der Waals surface area contributed by atoms with E-state index in [4.69, 9.17) is 9.47 Å². The van der Waals surface area contributed by atoms with E-state index in [0.29, 0.717) is 6.04 Å². The minimum Gasteiger partial charge on any atom is -0.493 e. The first-order chi connectivity index (χ1) is 6.72. The van der Waals surface area contributed by atoms with E-state index in [2.05, 4.69) is 25.4 Å². The van der Waals surface area contributed by atoms with Gasteiger partial charge in [0.2, 0.25) is 0 Å². The molecule has 0 amide bonds. The fraction of sp³-hybridized carbons (Fsp3) is 0.455. The number of rotatable bonds is 4. The van der Waals surface area contributed by atoms with Crippen molar-refractivity contribution in [1.82, 2.24) is 0 Å². The minimum absolute atomic E-state index is 0.440. The topological polar surface area (TPSA) is 35.1 Å². The Kier molecular flexibility index (Phi) is 3.77. The normalized spacial score (nSPS) is 12.3. The second kappa shape index (κ2) is 4.86. The smallest absolute Gasteiger partial charge is 0.161 e. The average molecular weight is 196 g/mol. The Morgan fingerprint density at radius 3 is 2.29 bits per heavy atom. The lowest BCUT2D eigenvalue weighted by Gasteiger charge is -2.11. The molecular weight excluding hydrogens is 178 g/mol. The summed E-state index contributed by atoms with van der Waals surface area (Å²) in [4.78, 5) is 0. The number of benzene rings is 1. The number of hydrogen-bond donors (Lipinski definition) is 1. The summed E-state index contributed by atoms with van der Waals surface area (Å²) in [6, 6.07) is 6.46. The van der Waals surface area contributed by atoms with Crippen LogP contribution in [0.25, 0.3) is 0 Å². The summed E-state index contributed by atoms with van der Waals surface area (Å²) >= 11 is 0. The summed E-state index contributed by atoms with van der Waals surface area (Å²) in [5.74, 6) is 1.57. The van der Waals surface area contributed by atoms with E-state index in [1.807, 2.05) is 12.1 Å². The molecule has 1 aromatic carbocycles. The predicted octanol–water partition coefficient (Wildman–Crippen LogP) is 0.958. The highest BCUT2D eigenvalue weighted by molar-refractivity contribution is 5.43. The molecule has 1 aromatic rings. The van der Waals surface area contributed by atoms with Crippen molar-refractivity contribution in [3.63, 3.8) is 0 Å². The van der Waals surface area contributed by atoms with Crippen LogP contribution in [0.2, 0.25) is 0 Å². The summed E-state index contributed by atoms with van der Waals surface area (Å²) in [5, 5.41) is 2.15. The SMILES string of the molecule is C[NH2+][C@@H](C)c1ccc(OC)c(OC)c1. The molecule has 0 aromatic heterocycles. The zero-order valence-corrected chi connectivity index (χ0v) is 9.20. The number of quaternary nitrogens is 1. The van der Waals surface area contributed by atoms with E-state index in [1.54, 1.807) is 14.2 Å². The highest BCUT2D eigenvalue weighted by atomic mass is 16.5. The zero-order valence-electron chi connectivity index (χ0n) is 9.20. The quantitative estimate of drug-likeness (QED) is 0.778. The van der Waals surface area contributed by atoms with Crippen molar-refractivity contribution < 1.29 is 14.8 Å². The van der Waals surface area contributed by atoms with Gasteiger partial charge in [0, 0.05) is 5.56 Å². The van der Waals surface area contributed by atoms with Crippen LogP contribution >= 0.6 is 0 Å². The van der Waals surface area contributed by atoms with Crippen LogP contribution in [0.15, 0.2) is 18.2 Å². The van der Waals surface area contributed by atoms with E-state index in [-0.39, 0.29) is 0 Å². The molecule has 2 N–H and O–H groups in total. The molecule has 0 saturated heterocycles. The molecule has 0 saturated carbocycles. The first-order valence-electron chi connectivity index (χ1n) is 4.74. The second-order valence-corrected chi connectivity index (χ2v) is 3.24. The monoisotopic (exact) mass is 196 g/mol. The summed E-state index contributed by atoms with van der Waals surface area (Å²) in [6.07, 6.45) is 0. The summed E-state index contributed by atoms with van der Waals surface area (Å²) in [7, 11) is 5.36. The second-order valence-electron chi connectivity index (χ2n) is 3.24. The molecule has 0 heterocycles. The lowest BCUT2D eigenvalue weighted by molar-refractivity contribution is -0.666. The number of hydrogen-bond acceptors (Lipinski definition) is 2. The van der Waals surface area contributed by atoms with Gasteiger partial charge in [-0.3, -0.25) is 0 Å². The van der Waals surface area contributed by atoms with Crippen molar-refractivity contribution in [2.75, 3.05) is 21.3 Å². The third-order valence-electron chi connectivity index (χ3n) is 2.43. The number of nitrogens with two attached hydrogens (primary N) is 1. The molecule has 0 aliphatic carbocycles. The summed E-state index contributed by atoms with van der Waals surface area (Å²) < 4.78 is 10.4.